The van der Waals surface area contributed by atoms with Crippen molar-refractivity contribution in [2.45, 2.75) is 26.2 Å². The van der Waals surface area contributed by atoms with Crippen LogP contribution in [0, 0.1) is 5.41 Å². The molecule has 5 N–H and O–H groups in total. The Morgan fingerprint density at radius 3 is 2.70 bits per heavy atom. The fourth-order valence-corrected chi connectivity index (χ4v) is 2.68. The number of aromatic nitrogens is 2. The van der Waals surface area contributed by atoms with Crippen LogP contribution < -0.4 is 11.5 Å². The zero-order chi connectivity index (χ0) is 15.0. The summed E-state index contributed by atoms with van der Waals surface area (Å²) >= 11 is 0. The molecule has 0 amide bonds. The van der Waals surface area contributed by atoms with Crippen LogP contribution in [0.15, 0.2) is 29.5 Å². The minimum absolute atomic E-state index is 0. The number of hydrogen-bond acceptors (Lipinski definition) is 4. The Balaban J connectivity index is 0.00000132. The Bertz CT molecular complexity index is 750. The van der Waals surface area contributed by atoms with Crippen LogP contribution in [0.2, 0.25) is 0 Å². The largest absolute Gasteiger partial charge is 0.384 e. The Labute approximate surface area is 147 Å². The van der Waals surface area contributed by atoms with E-state index in [2.05, 4.69) is 10.1 Å². The minimum atomic E-state index is 0. The third-order valence-corrected chi connectivity index (χ3v) is 3.74. The maximum Gasteiger partial charge on any atom is 0.221 e. The summed E-state index contributed by atoms with van der Waals surface area (Å²) in [6.45, 7) is 2.03. The van der Waals surface area contributed by atoms with Crippen LogP contribution in [0.4, 0.5) is 5.95 Å². The van der Waals surface area contributed by atoms with Gasteiger partial charge in [0.15, 0.2) is 0 Å². The standard InChI is InChI=1S/C15H18N6.2ClH/c1-2-9-8-21(15(18)19-9)20-13-7-6-10-11(13)4-3-5-12(10)14(16)17;;/h3-5,8H,2,6-7H2,1H3,(H3,16,17)(H2,18,19);2*1H. The first-order valence-corrected chi connectivity index (χ1v) is 6.98. The number of imidazole rings is 1. The average molecular weight is 355 g/mol. The number of aryl methyl sites for hydroxylation is 1. The van der Waals surface area contributed by atoms with Crippen molar-refractivity contribution in [3.8, 4) is 0 Å². The molecular formula is C15H20Cl2N6. The third kappa shape index (κ3) is 3.48. The number of nitrogen functional groups attached to an aromatic ring is 2. The highest BCUT2D eigenvalue weighted by Gasteiger charge is 2.22. The lowest BCUT2D eigenvalue weighted by Crippen LogP contribution is -2.13. The van der Waals surface area contributed by atoms with E-state index in [-0.39, 0.29) is 30.6 Å². The van der Waals surface area contributed by atoms with E-state index in [1.165, 1.54) is 0 Å². The summed E-state index contributed by atoms with van der Waals surface area (Å²) in [5, 5.41) is 12.3. The third-order valence-electron chi connectivity index (χ3n) is 3.74. The highest BCUT2D eigenvalue weighted by atomic mass is 35.5. The monoisotopic (exact) mass is 354 g/mol. The molecule has 0 bridgehead atoms. The average Bonchev–Trinajstić information content (AvgIpc) is 3.03. The molecule has 124 valence electrons. The van der Waals surface area contributed by atoms with Gasteiger partial charge in [-0.3, -0.25) is 5.41 Å². The van der Waals surface area contributed by atoms with E-state index in [1.807, 2.05) is 31.3 Å². The van der Waals surface area contributed by atoms with Gasteiger partial charge in [0.1, 0.15) is 5.84 Å². The second-order valence-electron chi connectivity index (χ2n) is 5.08. The summed E-state index contributed by atoms with van der Waals surface area (Å²) < 4.78 is 1.63. The maximum absolute atomic E-state index is 7.66. The predicted octanol–water partition coefficient (Wildman–Crippen LogP) is 2.35. The summed E-state index contributed by atoms with van der Waals surface area (Å²) in [4.78, 5) is 4.25. The number of amidine groups is 1. The number of benzene rings is 1. The van der Waals surface area contributed by atoms with Crippen molar-refractivity contribution in [3.63, 3.8) is 0 Å². The highest BCUT2D eigenvalue weighted by Crippen LogP contribution is 2.26. The lowest BCUT2D eigenvalue weighted by molar-refractivity contribution is 0.881. The number of hydrogen-bond donors (Lipinski definition) is 3. The first-order valence-electron chi connectivity index (χ1n) is 6.98. The molecule has 0 atom stereocenters. The molecule has 0 spiro atoms. The fourth-order valence-electron chi connectivity index (χ4n) is 2.68. The molecule has 2 aromatic rings. The van der Waals surface area contributed by atoms with E-state index >= 15 is 0 Å². The molecule has 8 heteroatoms. The molecule has 1 aliphatic rings. The number of nitrogens with one attached hydrogen (secondary N) is 1. The van der Waals surface area contributed by atoms with Crippen LogP contribution in [-0.2, 0) is 12.8 Å². The van der Waals surface area contributed by atoms with Crippen molar-refractivity contribution in [1.82, 2.24) is 9.66 Å². The van der Waals surface area contributed by atoms with Crippen molar-refractivity contribution in [2.75, 3.05) is 5.73 Å². The SMILES string of the molecule is CCc1cn(N=C2CCc3c(C(=N)N)cccc32)c(N)n1.Cl.Cl. The van der Waals surface area contributed by atoms with Crippen molar-refractivity contribution in [1.29, 1.82) is 5.41 Å². The number of nitrogens with two attached hydrogens (primary N) is 2. The lowest BCUT2D eigenvalue weighted by atomic mass is 10.0. The maximum atomic E-state index is 7.66. The second kappa shape index (κ2) is 7.48. The topological polar surface area (TPSA) is 106 Å². The second-order valence-corrected chi connectivity index (χ2v) is 5.08. The van der Waals surface area contributed by atoms with Crippen molar-refractivity contribution >= 4 is 42.3 Å². The van der Waals surface area contributed by atoms with Crippen molar-refractivity contribution in [2.24, 2.45) is 10.8 Å². The van der Waals surface area contributed by atoms with Gasteiger partial charge in [-0.1, -0.05) is 25.1 Å². The zero-order valence-electron chi connectivity index (χ0n) is 12.7. The van der Waals surface area contributed by atoms with Crippen LogP contribution in [0.25, 0.3) is 0 Å². The molecule has 0 unspecified atom stereocenters. The molecule has 23 heavy (non-hydrogen) atoms. The summed E-state index contributed by atoms with van der Waals surface area (Å²) in [5.41, 5.74) is 16.3. The predicted molar refractivity (Wildman–Crippen MR) is 98.2 cm³/mol. The van der Waals surface area contributed by atoms with Gasteiger partial charge in [-0.2, -0.15) is 5.10 Å². The van der Waals surface area contributed by atoms with Crippen LogP contribution in [0.5, 0.6) is 0 Å². The van der Waals surface area contributed by atoms with Gasteiger partial charge in [0, 0.05) is 11.1 Å². The molecule has 0 fully saturated rings. The van der Waals surface area contributed by atoms with E-state index in [4.69, 9.17) is 16.9 Å². The van der Waals surface area contributed by atoms with Gasteiger partial charge < -0.3 is 11.5 Å². The summed E-state index contributed by atoms with van der Waals surface area (Å²) in [6, 6.07) is 5.80. The van der Waals surface area contributed by atoms with Crippen LogP contribution in [0.3, 0.4) is 0 Å². The van der Waals surface area contributed by atoms with Crippen molar-refractivity contribution < 1.29 is 0 Å². The molecule has 0 saturated carbocycles. The number of anilines is 1. The van der Waals surface area contributed by atoms with Gasteiger partial charge in [0.2, 0.25) is 5.95 Å². The van der Waals surface area contributed by atoms with E-state index in [9.17, 15) is 0 Å². The smallest absolute Gasteiger partial charge is 0.221 e. The minimum Gasteiger partial charge on any atom is -0.384 e. The van der Waals surface area contributed by atoms with Gasteiger partial charge in [-0.15, -0.1) is 24.8 Å². The van der Waals surface area contributed by atoms with Crippen LogP contribution in [-0.4, -0.2) is 21.2 Å². The first-order chi connectivity index (χ1) is 10.1. The lowest BCUT2D eigenvalue weighted by Gasteiger charge is -2.06. The molecule has 3 rings (SSSR count). The highest BCUT2D eigenvalue weighted by molar-refractivity contribution is 6.08. The Kier molecular flexibility index (Phi) is 6.18. The van der Waals surface area contributed by atoms with E-state index in [0.717, 1.165) is 47.4 Å². The number of rotatable bonds is 3. The van der Waals surface area contributed by atoms with Crippen LogP contribution >= 0.6 is 24.8 Å². The van der Waals surface area contributed by atoms with E-state index < -0.39 is 0 Å². The first kappa shape index (κ1) is 19.0. The molecule has 1 aromatic carbocycles. The Hall–Kier alpha value is -2.05. The van der Waals surface area contributed by atoms with Gasteiger partial charge in [-0.05, 0) is 24.8 Å². The number of fused-ring (bicyclic) bond motifs is 1. The summed E-state index contributed by atoms with van der Waals surface area (Å²) in [7, 11) is 0. The molecule has 0 radical (unpaired) electrons. The normalized spacial score (nSPS) is 14.0. The summed E-state index contributed by atoms with van der Waals surface area (Å²) in [5.74, 6) is 0.499. The number of nitrogens with zero attached hydrogens (tertiary/aromatic N) is 3. The molecule has 0 aliphatic heterocycles. The Morgan fingerprint density at radius 1 is 1.35 bits per heavy atom. The van der Waals surface area contributed by atoms with Gasteiger partial charge in [-0.25, -0.2) is 9.66 Å². The van der Waals surface area contributed by atoms with Gasteiger partial charge >= 0.3 is 0 Å². The van der Waals surface area contributed by atoms with Crippen molar-refractivity contribution in [3.05, 3.63) is 46.8 Å². The molecule has 6 nitrogen and oxygen atoms in total. The molecular weight excluding hydrogens is 335 g/mol. The molecule has 1 aliphatic carbocycles. The quantitative estimate of drug-likeness (QED) is 0.581. The zero-order valence-corrected chi connectivity index (χ0v) is 14.4. The molecule has 0 saturated heterocycles. The van der Waals surface area contributed by atoms with Gasteiger partial charge in [0.25, 0.3) is 0 Å². The Morgan fingerprint density at radius 2 is 2.09 bits per heavy atom. The number of halogens is 2. The van der Waals surface area contributed by atoms with E-state index in [0.29, 0.717) is 5.95 Å². The van der Waals surface area contributed by atoms with Gasteiger partial charge in [0.05, 0.1) is 17.6 Å². The van der Waals surface area contributed by atoms with Crippen LogP contribution in [0.1, 0.15) is 35.7 Å². The van der Waals surface area contributed by atoms with E-state index in [1.54, 1.807) is 4.68 Å². The summed E-state index contributed by atoms with van der Waals surface area (Å²) in [6.07, 6.45) is 4.35. The molecule has 1 heterocycles. The fraction of sp³-hybridized carbons (Fsp3) is 0.267. The molecule has 1 aromatic heterocycles.